The summed E-state index contributed by atoms with van der Waals surface area (Å²) in [5.74, 6) is -0.385. The van der Waals surface area contributed by atoms with Crippen LogP contribution in [0.1, 0.15) is 43.5 Å². The van der Waals surface area contributed by atoms with E-state index in [1.54, 1.807) is 31.2 Å². The normalized spacial score (nSPS) is 9.90. The molecule has 1 aromatic rings. The van der Waals surface area contributed by atoms with Crippen molar-refractivity contribution in [2.75, 3.05) is 6.61 Å². The van der Waals surface area contributed by atoms with Crippen molar-refractivity contribution in [2.24, 2.45) is 0 Å². The molecule has 0 aliphatic heterocycles. The van der Waals surface area contributed by atoms with Crippen molar-refractivity contribution in [1.29, 1.82) is 0 Å². The van der Waals surface area contributed by atoms with Gasteiger partial charge in [0, 0.05) is 18.4 Å². The van der Waals surface area contributed by atoms with Gasteiger partial charge in [-0.25, -0.2) is 0 Å². The zero-order chi connectivity index (χ0) is 15.0. The van der Waals surface area contributed by atoms with Gasteiger partial charge < -0.3 is 9.47 Å². The maximum atomic E-state index is 11.5. The summed E-state index contributed by atoms with van der Waals surface area (Å²) in [5.41, 5.74) is 0.562. The van der Waals surface area contributed by atoms with E-state index in [2.05, 4.69) is 0 Å². The molecule has 0 aliphatic rings. The first-order valence-corrected chi connectivity index (χ1v) is 6.50. The van der Waals surface area contributed by atoms with E-state index in [9.17, 15) is 14.4 Å². The van der Waals surface area contributed by atoms with Crippen LogP contribution in [0.5, 0.6) is 5.75 Å². The summed E-state index contributed by atoms with van der Waals surface area (Å²) in [6, 6.07) is 6.34. The number of hydrogen-bond acceptors (Lipinski definition) is 5. The lowest BCUT2D eigenvalue weighted by Gasteiger charge is -2.05. The van der Waals surface area contributed by atoms with Gasteiger partial charge in [0.15, 0.2) is 5.78 Å². The van der Waals surface area contributed by atoms with Crippen LogP contribution < -0.4 is 4.74 Å². The van der Waals surface area contributed by atoms with E-state index in [1.807, 2.05) is 0 Å². The van der Waals surface area contributed by atoms with Crippen LogP contribution in [0.4, 0.5) is 0 Å². The summed E-state index contributed by atoms with van der Waals surface area (Å²) < 4.78 is 9.84. The monoisotopic (exact) mass is 278 g/mol. The van der Waals surface area contributed by atoms with Gasteiger partial charge in [0.25, 0.3) is 0 Å². The van der Waals surface area contributed by atoms with Crippen LogP contribution in [-0.2, 0) is 14.3 Å². The highest BCUT2D eigenvalue weighted by atomic mass is 16.5. The second-order valence-electron chi connectivity index (χ2n) is 4.21. The van der Waals surface area contributed by atoms with Gasteiger partial charge in [0.2, 0.25) is 0 Å². The molecular formula is C15H18O5. The van der Waals surface area contributed by atoms with Crippen molar-refractivity contribution in [1.82, 2.24) is 0 Å². The van der Waals surface area contributed by atoms with E-state index in [-0.39, 0.29) is 24.6 Å². The molecule has 5 nitrogen and oxygen atoms in total. The van der Waals surface area contributed by atoms with Gasteiger partial charge in [0.1, 0.15) is 5.75 Å². The highest BCUT2D eigenvalue weighted by Crippen LogP contribution is 2.13. The first kappa shape index (κ1) is 15.9. The van der Waals surface area contributed by atoms with E-state index < -0.39 is 5.97 Å². The van der Waals surface area contributed by atoms with Gasteiger partial charge in [-0.2, -0.15) is 0 Å². The number of benzene rings is 1. The number of ether oxygens (including phenoxy) is 2. The van der Waals surface area contributed by atoms with Gasteiger partial charge in [-0.15, -0.1) is 0 Å². The van der Waals surface area contributed by atoms with Crippen LogP contribution in [0.3, 0.4) is 0 Å². The van der Waals surface area contributed by atoms with Crippen LogP contribution in [0, 0.1) is 0 Å². The minimum absolute atomic E-state index is 0.0442. The molecule has 1 aromatic carbocycles. The SMILES string of the molecule is CCOC(=O)CCCC(=O)Oc1ccc(C(C)=O)cc1. The van der Waals surface area contributed by atoms with Crippen LogP contribution >= 0.6 is 0 Å². The van der Waals surface area contributed by atoms with Crippen LogP contribution in [0.15, 0.2) is 24.3 Å². The van der Waals surface area contributed by atoms with Gasteiger partial charge in [0.05, 0.1) is 6.61 Å². The quantitative estimate of drug-likeness (QED) is 0.435. The fourth-order valence-electron chi connectivity index (χ4n) is 1.55. The van der Waals surface area contributed by atoms with E-state index in [0.717, 1.165) is 0 Å². The predicted molar refractivity (Wildman–Crippen MR) is 72.6 cm³/mol. The number of rotatable bonds is 7. The highest BCUT2D eigenvalue weighted by Gasteiger charge is 2.08. The molecule has 0 unspecified atom stereocenters. The fourth-order valence-corrected chi connectivity index (χ4v) is 1.55. The van der Waals surface area contributed by atoms with Crippen LogP contribution in [-0.4, -0.2) is 24.3 Å². The molecule has 0 aromatic heterocycles. The van der Waals surface area contributed by atoms with Crippen molar-refractivity contribution < 1.29 is 23.9 Å². The Kier molecular flexibility index (Phi) is 6.43. The maximum absolute atomic E-state index is 11.5. The second-order valence-corrected chi connectivity index (χ2v) is 4.21. The third kappa shape index (κ3) is 5.65. The maximum Gasteiger partial charge on any atom is 0.311 e. The molecule has 0 bridgehead atoms. The Labute approximate surface area is 117 Å². The first-order chi connectivity index (χ1) is 9.52. The summed E-state index contributed by atoms with van der Waals surface area (Å²) >= 11 is 0. The second kappa shape index (κ2) is 8.09. The average molecular weight is 278 g/mol. The van der Waals surface area contributed by atoms with E-state index in [0.29, 0.717) is 24.3 Å². The van der Waals surface area contributed by atoms with Crippen molar-refractivity contribution in [2.45, 2.75) is 33.1 Å². The summed E-state index contributed by atoms with van der Waals surface area (Å²) in [6.45, 7) is 3.54. The molecule has 0 radical (unpaired) electrons. The van der Waals surface area contributed by atoms with Crippen molar-refractivity contribution in [3.63, 3.8) is 0 Å². The molecule has 0 amide bonds. The lowest BCUT2D eigenvalue weighted by atomic mass is 10.1. The minimum Gasteiger partial charge on any atom is -0.466 e. The molecule has 5 heteroatoms. The molecule has 0 heterocycles. The number of esters is 2. The zero-order valence-corrected chi connectivity index (χ0v) is 11.7. The molecule has 0 N–H and O–H groups in total. The molecule has 0 atom stereocenters. The highest BCUT2D eigenvalue weighted by molar-refractivity contribution is 5.94. The Balaban J connectivity index is 2.35. The van der Waals surface area contributed by atoms with Gasteiger partial charge in [-0.3, -0.25) is 14.4 Å². The summed E-state index contributed by atoms with van der Waals surface area (Å²) in [7, 11) is 0. The fraction of sp³-hybridized carbons (Fsp3) is 0.400. The Bertz CT molecular complexity index is 476. The van der Waals surface area contributed by atoms with Crippen molar-refractivity contribution in [3.05, 3.63) is 29.8 Å². The Morgan fingerprint density at radius 3 is 2.15 bits per heavy atom. The third-order valence-corrected chi connectivity index (χ3v) is 2.56. The Morgan fingerprint density at radius 2 is 1.60 bits per heavy atom. The van der Waals surface area contributed by atoms with Crippen molar-refractivity contribution >= 4 is 17.7 Å². The molecule has 20 heavy (non-hydrogen) atoms. The predicted octanol–water partition coefficient (Wildman–Crippen LogP) is 2.53. The number of ketones is 1. The number of Topliss-reactive ketones (excluding diaryl/α,β-unsaturated/α-hetero) is 1. The third-order valence-electron chi connectivity index (χ3n) is 2.56. The summed E-state index contributed by atoms with van der Waals surface area (Å²) in [5, 5.41) is 0. The molecule has 1 rings (SSSR count). The zero-order valence-electron chi connectivity index (χ0n) is 11.7. The smallest absolute Gasteiger partial charge is 0.311 e. The molecule has 0 spiro atoms. The molecule has 108 valence electrons. The topological polar surface area (TPSA) is 69.7 Å². The molecule has 0 saturated heterocycles. The number of carbonyl (C=O) groups is 3. The molecule has 0 fully saturated rings. The summed E-state index contributed by atoms with van der Waals surface area (Å²) in [4.78, 5) is 33.7. The first-order valence-electron chi connectivity index (χ1n) is 6.50. The van der Waals surface area contributed by atoms with E-state index in [4.69, 9.17) is 9.47 Å². The number of hydrogen-bond donors (Lipinski definition) is 0. The minimum atomic E-state index is -0.412. The lowest BCUT2D eigenvalue weighted by molar-refractivity contribution is -0.143. The molecular weight excluding hydrogens is 260 g/mol. The van der Waals surface area contributed by atoms with Crippen molar-refractivity contribution in [3.8, 4) is 5.75 Å². The van der Waals surface area contributed by atoms with Crippen LogP contribution in [0.2, 0.25) is 0 Å². The average Bonchev–Trinajstić information content (AvgIpc) is 2.39. The Morgan fingerprint density at radius 1 is 1.00 bits per heavy atom. The number of carbonyl (C=O) groups excluding carboxylic acids is 3. The van der Waals surface area contributed by atoms with Crippen LogP contribution in [0.25, 0.3) is 0 Å². The molecule has 0 aliphatic carbocycles. The van der Waals surface area contributed by atoms with Gasteiger partial charge in [-0.05, 0) is 44.5 Å². The summed E-state index contributed by atoms with van der Waals surface area (Å²) in [6.07, 6.45) is 0.739. The van der Waals surface area contributed by atoms with Gasteiger partial charge in [-0.1, -0.05) is 0 Å². The lowest BCUT2D eigenvalue weighted by Crippen LogP contribution is -2.10. The molecule has 0 saturated carbocycles. The largest absolute Gasteiger partial charge is 0.466 e. The Hall–Kier alpha value is -2.17. The van der Waals surface area contributed by atoms with E-state index >= 15 is 0 Å². The van der Waals surface area contributed by atoms with Gasteiger partial charge >= 0.3 is 11.9 Å². The van der Waals surface area contributed by atoms with E-state index in [1.165, 1.54) is 6.92 Å². The standard InChI is InChI=1S/C15H18O5/c1-3-19-14(17)5-4-6-15(18)20-13-9-7-12(8-10-13)11(2)16/h7-10H,3-6H2,1-2H3.